The minimum Gasteiger partial charge on any atom is -0.355 e. The van der Waals surface area contributed by atoms with E-state index in [-0.39, 0.29) is 5.56 Å². The smallest absolute Gasteiger partial charge is 0.251 e. The van der Waals surface area contributed by atoms with Crippen molar-refractivity contribution in [3.8, 4) is 11.4 Å². The van der Waals surface area contributed by atoms with Crippen molar-refractivity contribution in [2.24, 2.45) is 0 Å². The van der Waals surface area contributed by atoms with Gasteiger partial charge in [0.25, 0.3) is 5.56 Å². The molecule has 6 nitrogen and oxygen atoms in total. The van der Waals surface area contributed by atoms with E-state index < -0.39 is 0 Å². The molecule has 144 valence electrons. The molecule has 0 bridgehead atoms. The Balaban J connectivity index is 1.52. The Morgan fingerprint density at radius 1 is 1.15 bits per heavy atom. The summed E-state index contributed by atoms with van der Waals surface area (Å²) < 4.78 is 0. The van der Waals surface area contributed by atoms with Crippen molar-refractivity contribution < 1.29 is 0 Å². The number of nitrogens with one attached hydrogen (secondary N) is 1. The fourth-order valence-corrected chi connectivity index (χ4v) is 4.27. The molecule has 27 heavy (non-hydrogen) atoms. The minimum atomic E-state index is -0.109. The topological polar surface area (TPSA) is 65.1 Å². The number of rotatable bonds is 4. The maximum Gasteiger partial charge on any atom is 0.251 e. The van der Waals surface area contributed by atoms with E-state index in [1.54, 1.807) is 6.07 Å². The lowest BCUT2D eigenvalue weighted by Gasteiger charge is -2.31. The molecule has 0 aliphatic carbocycles. The normalized spacial score (nSPS) is 21.4. The Morgan fingerprint density at radius 3 is 2.70 bits per heavy atom. The van der Waals surface area contributed by atoms with Gasteiger partial charge in [0.15, 0.2) is 0 Å². The fraction of sp³-hybridized carbons (Fsp3) is 0.571. The molecule has 2 aliphatic heterocycles. The first-order valence-electron chi connectivity index (χ1n) is 10.3. The van der Waals surface area contributed by atoms with Crippen molar-refractivity contribution in [3.05, 3.63) is 40.4 Å². The van der Waals surface area contributed by atoms with E-state index in [4.69, 9.17) is 4.98 Å². The van der Waals surface area contributed by atoms with E-state index in [0.717, 1.165) is 36.6 Å². The molecule has 4 heterocycles. The van der Waals surface area contributed by atoms with Crippen LogP contribution < -0.4 is 10.5 Å². The molecule has 2 aromatic heterocycles. The molecular weight excluding hydrogens is 338 g/mol. The van der Waals surface area contributed by atoms with Crippen LogP contribution in [0.1, 0.15) is 44.7 Å². The monoisotopic (exact) mass is 367 g/mol. The van der Waals surface area contributed by atoms with E-state index in [0.29, 0.717) is 11.9 Å². The van der Waals surface area contributed by atoms with Gasteiger partial charge in [-0.05, 0) is 57.3 Å². The highest BCUT2D eigenvalue weighted by molar-refractivity contribution is 5.56. The zero-order valence-corrected chi connectivity index (χ0v) is 16.2. The lowest BCUT2D eigenvalue weighted by atomic mass is 10.1. The molecule has 4 rings (SSSR count). The van der Waals surface area contributed by atoms with Gasteiger partial charge in [0, 0.05) is 42.7 Å². The number of hydrogen-bond donors (Lipinski definition) is 1. The van der Waals surface area contributed by atoms with E-state index >= 15 is 0 Å². The molecule has 2 aromatic rings. The van der Waals surface area contributed by atoms with Gasteiger partial charge in [-0.1, -0.05) is 13.3 Å². The van der Waals surface area contributed by atoms with Crippen molar-refractivity contribution in [1.82, 2.24) is 19.9 Å². The summed E-state index contributed by atoms with van der Waals surface area (Å²) in [5, 5.41) is 0. The van der Waals surface area contributed by atoms with Gasteiger partial charge >= 0.3 is 0 Å². The van der Waals surface area contributed by atoms with Crippen LogP contribution in [-0.2, 0) is 6.42 Å². The van der Waals surface area contributed by atoms with E-state index in [1.807, 2.05) is 19.2 Å². The first kappa shape index (κ1) is 18.2. The van der Waals surface area contributed by atoms with E-state index in [2.05, 4.69) is 25.8 Å². The summed E-state index contributed by atoms with van der Waals surface area (Å²) >= 11 is 0. The maximum atomic E-state index is 11.8. The maximum absolute atomic E-state index is 11.8. The second-order valence-corrected chi connectivity index (χ2v) is 7.68. The lowest BCUT2D eigenvalue weighted by Crippen LogP contribution is -2.41. The summed E-state index contributed by atoms with van der Waals surface area (Å²) in [5.74, 6) is 1.63. The molecule has 6 heteroatoms. The number of likely N-dealkylation sites (tertiary alicyclic amines) is 1. The predicted molar refractivity (Wildman–Crippen MR) is 108 cm³/mol. The second kappa shape index (κ2) is 8.21. The van der Waals surface area contributed by atoms with Crippen LogP contribution in [0.25, 0.3) is 11.4 Å². The average molecular weight is 367 g/mol. The molecule has 1 unspecified atom stereocenters. The van der Waals surface area contributed by atoms with Gasteiger partial charge in [0.1, 0.15) is 11.6 Å². The summed E-state index contributed by atoms with van der Waals surface area (Å²) in [6, 6.07) is 6.30. The Bertz CT molecular complexity index is 810. The Kier molecular flexibility index (Phi) is 5.53. The molecule has 0 saturated carbocycles. The molecule has 1 atom stereocenters. The number of hydrogen-bond acceptors (Lipinski definition) is 5. The van der Waals surface area contributed by atoms with Crippen LogP contribution >= 0.6 is 0 Å². The second-order valence-electron chi connectivity index (χ2n) is 7.68. The van der Waals surface area contributed by atoms with Gasteiger partial charge in [-0.25, -0.2) is 9.97 Å². The van der Waals surface area contributed by atoms with Crippen LogP contribution in [0.15, 0.2) is 29.2 Å². The van der Waals surface area contributed by atoms with Crippen molar-refractivity contribution in [1.29, 1.82) is 0 Å². The first-order chi connectivity index (χ1) is 13.2. The molecule has 0 radical (unpaired) electrons. The van der Waals surface area contributed by atoms with Crippen LogP contribution in [0.2, 0.25) is 0 Å². The molecule has 1 N–H and O–H groups in total. The van der Waals surface area contributed by atoms with Crippen LogP contribution in [-0.4, -0.2) is 52.1 Å². The molecule has 2 fully saturated rings. The molecule has 2 saturated heterocycles. The van der Waals surface area contributed by atoms with Gasteiger partial charge in [0.2, 0.25) is 0 Å². The van der Waals surface area contributed by atoms with Gasteiger partial charge in [-0.2, -0.15) is 0 Å². The SMILES string of the molecule is CCc1cc(=O)[nH]c(-c2ccc(N3CCCCC(N4CCCC4)C3)nc2)n1. The van der Waals surface area contributed by atoms with Crippen molar-refractivity contribution in [2.75, 3.05) is 31.1 Å². The number of nitrogens with zero attached hydrogens (tertiary/aromatic N) is 4. The number of aromatic nitrogens is 3. The van der Waals surface area contributed by atoms with Crippen molar-refractivity contribution >= 4 is 5.82 Å². The van der Waals surface area contributed by atoms with Crippen LogP contribution in [0, 0.1) is 0 Å². The summed E-state index contributed by atoms with van der Waals surface area (Å²) in [7, 11) is 0. The highest BCUT2D eigenvalue weighted by Gasteiger charge is 2.26. The average Bonchev–Trinajstić information content (AvgIpc) is 3.12. The Labute approximate surface area is 160 Å². The molecular formula is C21H29N5O. The summed E-state index contributed by atoms with van der Waals surface area (Å²) in [6.45, 7) is 6.63. The lowest BCUT2D eigenvalue weighted by molar-refractivity contribution is 0.236. The third-order valence-corrected chi connectivity index (χ3v) is 5.81. The minimum absolute atomic E-state index is 0.109. The predicted octanol–water partition coefficient (Wildman–Crippen LogP) is 2.85. The molecule has 2 aliphatic rings. The van der Waals surface area contributed by atoms with Crippen LogP contribution in [0.4, 0.5) is 5.82 Å². The summed E-state index contributed by atoms with van der Waals surface area (Å²) in [6.07, 6.45) is 9.07. The van der Waals surface area contributed by atoms with Crippen LogP contribution in [0.3, 0.4) is 0 Å². The van der Waals surface area contributed by atoms with Gasteiger partial charge < -0.3 is 9.88 Å². The zero-order chi connectivity index (χ0) is 18.6. The quantitative estimate of drug-likeness (QED) is 0.900. The van der Waals surface area contributed by atoms with E-state index in [1.165, 1.54) is 45.2 Å². The zero-order valence-electron chi connectivity index (χ0n) is 16.2. The number of aromatic amines is 1. The van der Waals surface area contributed by atoms with Crippen molar-refractivity contribution in [3.63, 3.8) is 0 Å². The number of H-pyrrole nitrogens is 1. The fourth-order valence-electron chi connectivity index (χ4n) is 4.27. The summed E-state index contributed by atoms with van der Waals surface area (Å²) in [4.78, 5) is 29.0. The Morgan fingerprint density at radius 2 is 1.96 bits per heavy atom. The molecule has 0 spiro atoms. The third kappa shape index (κ3) is 4.21. The van der Waals surface area contributed by atoms with Crippen LogP contribution in [0.5, 0.6) is 0 Å². The number of aryl methyl sites for hydroxylation is 1. The largest absolute Gasteiger partial charge is 0.355 e. The highest BCUT2D eigenvalue weighted by atomic mass is 16.1. The summed E-state index contributed by atoms with van der Waals surface area (Å²) in [5.41, 5.74) is 1.55. The third-order valence-electron chi connectivity index (χ3n) is 5.81. The molecule has 0 amide bonds. The van der Waals surface area contributed by atoms with Gasteiger partial charge in [-0.3, -0.25) is 9.69 Å². The number of anilines is 1. The van der Waals surface area contributed by atoms with Gasteiger partial charge in [0.05, 0.1) is 0 Å². The van der Waals surface area contributed by atoms with E-state index in [9.17, 15) is 4.79 Å². The Hall–Kier alpha value is -2.21. The standard InChI is InChI=1S/C21H29N5O/c1-2-17-13-20(27)24-21(23-17)16-8-9-19(22-14-16)26-12-4-3-7-18(15-26)25-10-5-6-11-25/h8-9,13-14,18H,2-7,10-12,15H2,1H3,(H,23,24,27). The first-order valence-corrected chi connectivity index (χ1v) is 10.3. The highest BCUT2D eigenvalue weighted by Crippen LogP contribution is 2.24. The number of pyridine rings is 1. The van der Waals surface area contributed by atoms with Crippen molar-refractivity contribution in [2.45, 2.75) is 51.5 Å². The van der Waals surface area contributed by atoms with Gasteiger partial charge in [-0.15, -0.1) is 0 Å². The molecule has 0 aromatic carbocycles.